The van der Waals surface area contributed by atoms with E-state index >= 15 is 0 Å². The van der Waals surface area contributed by atoms with Crippen molar-refractivity contribution in [3.05, 3.63) is 29.3 Å². The lowest BCUT2D eigenvalue weighted by Gasteiger charge is -2.31. The van der Waals surface area contributed by atoms with E-state index in [4.69, 9.17) is 25.4 Å². The third-order valence-electron chi connectivity index (χ3n) is 5.45. The van der Waals surface area contributed by atoms with Crippen LogP contribution in [-0.4, -0.2) is 99.4 Å². The predicted octanol–water partition coefficient (Wildman–Crippen LogP) is -0.00890. The summed E-state index contributed by atoms with van der Waals surface area (Å²) in [5.41, 5.74) is 0.991. The van der Waals surface area contributed by atoms with Gasteiger partial charge in [0.2, 0.25) is 5.91 Å². The fraction of sp³-hybridized carbons (Fsp3) is 0.542. The lowest BCUT2D eigenvalue weighted by molar-refractivity contribution is -0.131. The number of aliphatic hydroxyl groups excluding tert-OH is 1. The molecule has 3 rings (SSSR count). The zero-order valence-electron chi connectivity index (χ0n) is 19.5. The van der Waals surface area contributed by atoms with Crippen LogP contribution in [0.15, 0.2) is 18.2 Å². The minimum atomic E-state index is -0.963. The number of benzene rings is 1. The Morgan fingerprint density at radius 3 is 2.29 bits per heavy atom. The Morgan fingerprint density at radius 2 is 1.63 bits per heavy atom. The Labute approximate surface area is 204 Å². The smallest absolute Gasteiger partial charge is 0.264 e. The number of fused-ring (bicyclic) bond motifs is 1. The molecule has 2 aliphatic heterocycles. The van der Waals surface area contributed by atoms with E-state index in [1.165, 1.54) is 0 Å². The Morgan fingerprint density at radius 1 is 0.971 bits per heavy atom. The van der Waals surface area contributed by atoms with Crippen LogP contribution in [0.3, 0.4) is 0 Å². The van der Waals surface area contributed by atoms with E-state index in [1.54, 1.807) is 18.2 Å². The molecule has 1 fully saturated rings. The summed E-state index contributed by atoms with van der Waals surface area (Å²) in [5, 5.41) is 15.1. The van der Waals surface area contributed by atoms with E-state index in [2.05, 4.69) is 16.6 Å². The molecular weight excluding hydrogens is 458 g/mol. The van der Waals surface area contributed by atoms with Gasteiger partial charge in [0.1, 0.15) is 18.9 Å². The van der Waals surface area contributed by atoms with Gasteiger partial charge in [0, 0.05) is 12.2 Å². The molecule has 0 aliphatic carbocycles. The number of rotatable bonds is 15. The first-order chi connectivity index (χ1) is 17.0. The maximum atomic E-state index is 13.1. The number of imide groups is 1. The topological polar surface area (TPSA) is 136 Å². The van der Waals surface area contributed by atoms with Crippen LogP contribution in [0, 0.1) is 12.3 Å². The molecule has 11 heteroatoms. The summed E-state index contributed by atoms with van der Waals surface area (Å²) in [6.45, 7) is 3.66. The van der Waals surface area contributed by atoms with Gasteiger partial charge in [-0.3, -0.25) is 19.3 Å². The number of piperidine rings is 1. The van der Waals surface area contributed by atoms with Crippen LogP contribution in [-0.2, 0) is 23.7 Å². The number of carbonyl (C=O) groups is 3. The van der Waals surface area contributed by atoms with Gasteiger partial charge in [0.25, 0.3) is 11.8 Å². The van der Waals surface area contributed by atoms with E-state index in [0.29, 0.717) is 58.5 Å². The van der Waals surface area contributed by atoms with Crippen molar-refractivity contribution in [1.29, 1.82) is 0 Å². The molecule has 2 heterocycles. The van der Waals surface area contributed by atoms with Crippen molar-refractivity contribution in [2.24, 2.45) is 0 Å². The number of hydrogen-bond donors (Lipinski definition) is 3. The average molecular weight is 490 g/mol. The second kappa shape index (κ2) is 13.8. The van der Waals surface area contributed by atoms with Gasteiger partial charge in [-0.05, 0) is 25.0 Å². The van der Waals surface area contributed by atoms with Crippen LogP contribution < -0.4 is 10.6 Å². The number of amides is 3. The highest BCUT2D eigenvalue weighted by atomic mass is 16.6. The predicted molar refractivity (Wildman–Crippen MR) is 125 cm³/mol. The molecule has 3 amide bonds. The number of nitrogens with one attached hydrogen (secondary N) is 2. The zero-order chi connectivity index (χ0) is 25.0. The highest BCUT2D eigenvalue weighted by Crippen LogP contribution is 2.32. The highest BCUT2D eigenvalue weighted by molar-refractivity contribution is 6.25. The molecule has 3 N–H and O–H groups in total. The van der Waals surface area contributed by atoms with Gasteiger partial charge in [-0.15, -0.1) is 6.42 Å². The number of aliphatic hydroxyl groups is 1. The van der Waals surface area contributed by atoms with Crippen molar-refractivity contribution in [2.75, 3.05) is 64.7 Å². The molecule has 35 heavy (non-hydrogen) atoms. The van der Waals surface area contributed by atoms with Crippen molar-refractivity contribution in [1.82, 2.24) is 10.2 Å². The normalized spacial score (nSPS) is 19.4. The van der Waals surface area contributed by atoms with Gasteiger partial charge in [-0.2, -0.15) is 0 Å². The minimum absolute atomic E-state index is 0.212. The molecule has 1 saturated heterocycles. The van der Waals surface area contributed by atoms with Crippen molar-refractivity contribution in [3.8, 4) is 12.3 Å². The number of hydrogen-bond acceptors (Lipinski definition) is 9. The molecule has 1 aromatic rings. The quantitative estimate of drug-likeness (QED) is 0.177. The summed E-state index contributed by atoms with van der Waals surface area (Å²) in [6, 6.07) is 4.02. The fourth-order valence-electron chi connectivity index (χ4n) is 3.81. The van der Waals surface area contributed by atoms with E-state index in [-0.39, 0.29) is 30.6 Å². The number of nitrogens with zero attached hydrogens (tertiary/aromatic N) is 1. The monoisotopic (exact) mass is 489 g/mol. The lowest BCUT2D eigenvalue weighted by atomic mass is 10.0. The third kappa shape index (κ3) is 7.24. The average Bonchev–Trinajstić information content (AvgIpc) is 3.10. The standard InChI is InChI=1S/C24H31N3O8/c1-2-9-32-11-13-34-15-16-35-14-12-33-10-8-25-18-5-3-4-17-21(18)24(31)27(23(17)30)19-6-7-20(28)26-22(19)29/h1,3-5,19-20,25,28H,6-16H2,(H,26,29). The van der Waals surface area contributed by atoms with Crippen LogP contribution in [0.5, 0.6) is 0 Å². The molecule has 2 aliphatic rings. The van der Waals surface area contributed by atoms with Crippen molar-refractivity contribution < 1.29 is 38.4 Å². The lowest BCUT2D eigenvalue weighted by Crippen LogP contribution is -2.55. The van der Waals surface area contributed by atoms with E-state index in [1.807, 2.05) is 0 Å². The van der Waals surface area contributed by atoms with Crippen LogP contribution in [0.4, 0.5) is 5.69 Å². The van der Waals surface area contributed by atoms with E-state index in [0.717, 1.165) is 4.90 Å². The van der Waals surface area contributed by atoms with Crippen molar-refractivity contribution in [2.45, 2.75) is 25.1 Å². The summed E-state index contributed by atoms with van der Waals surface area (Å²) in [4.78, 5) is 39.2. The molecule has 2 atom stereocenters. The Bertz CT molecular complexity index is 932. The SMILES string of the molecule is C#CCOCCOCCOCCOCCNc1cccc2c1C(=O)N(C1CCC(O)NC1=O)C2=O. The van der Waals surface area contributed by atoms with E-state index in [9.17, 15) is 19.5 Å². The van der Waals surface area contributed by atoms with Gasteiger partial charge in [0.15, 0.2) is 0 Å². The van der Waals surface area contributed by atoms with Gasteiger partial charge < -0.3 is 34.7 Å². The van der Waals surface area contributed by atoms with Crippen molar-refractivity contribution in [3.63, 3.8) is 0 Å². The maximum Gasteiger partial charge on any atom is 0.264 e. The molecule has 2 unspecified atom stereocenters. The van der Waals surface area contributed by atoms with Gasteiger partial charge in [-0.1, -0.05) is 12.0 Å². The zero-order valence-corrected chi connectivity index (χ0v) is 19.5. The third-order valence-corrected chi connectivity index (χ3v) is 5.45. The molecular formula is C24H31N3O8. The number of terminal acetylenes is 1. The molecule has 190 valence electrons. The minimum Gasteiger partial charge on any atom is -0.382 e. The maximum absolute atomic E-state index is 13.1. The summed E-state index contributed by atoms with van der Waals surface area (Å²) < 4.78 is 21.4. The Hall–Kier alpha value is -3.01. The summed E-state index contributed by atoms with van der Waals surface area (Å²) in [5.74, 6) is 0.803. The molecule has 11 nitrogen and oxygen atoms in total. The van der Waals surface area contributed by atoms with Gasteiger partial charge >= 0.3 is 0 Å². The van der Waals surface area contributed by atoms with Crippen LogP contribution in [0.25, 0.3) is 0 Å². The molecule has 1 aromatic carbocycles. The first kappa shape index (κ1) is 26.6. The second-order valence-electron chi connectivity index (χ2n) is 7.85. The number of anilines is 1. The fourth-order valence-corrected chi connectivity index (χ4v) is 3.81. The molecule has 0 radical (unpaired) electrons. The van der Waals surface area contributed by atoms with Crippen LogP contribution >= 0.6 is 0 Å². The molecule has 0 aromatic heterocycles. The molecule has 0 saturated carbocycles. The molecule has 0 bridgehead atoms. The highest BCUT2D eigenvalue weighted by Gasteiger charge is 2.45. The second-order valence-corrected chi connectivity index (χ2v) is 7.85. The van der Waals surface area contributed by atoms with Gasteiger partial charge in [-0.25, -0.2) is 0 Å². The first-order valence-electron chi connectivity index (χ1n) is 11.5. The van der Waals surface area contributed by atoms with Crippen LogP contribution in [0.1, 0.15) is 33.6 Å². The Kier molecular flexibility index (Phi) is 10.5. The number of ether oxygens (including phenoxy) is 4. The van der Waals surface area contributed by atoms with Crippen LogP contribution in [0.2, 0.25) is 0 Å². The summed E-state index contributed by atoms with van der Waals surface area (Å²) >= 11 is 0. The van der Waals surface area contributed by atoms with Gasteiger partial charge in [0.05, 0.1) is 57.4 Å². The first-order valence-corrected chi connectivity index (χ1v) is 11.5. The summed E-state index contributed by atoms with van der Waals surface area (Å²) in [6.07, 6.45) is 4.59. The van der Waals surface area contributed by atoms with Crippen molar-refractivity contribution >= 4 is 23.4 Å². The summed E-state index contributed by atoms with van der Waals surface area (Å²) in [7, 11) is 0. The Balaban J connectivity index is 1.35. The molecule has 0 spiro atoms. The largest absolute Gasteiger partial charge is 0.382 e. The number of carbonyl (C=O) groups excluding carboxylic acids is 3. The van der Waals surface area contributed by atoms with E-state index < -0.39 is 30.0 Å².